The van der Waals surface area contributed by atoms with E-state index >= 15 is 0 Å². The van der Waals surface area contributed by atoms with E-state index in [1.54, 1.807) is 0 Å². The van der Waals surface area contributed by atoms with Crippen LogP contribution in [0, 0.1) is 5.41 Å². The van der Waals surface area contributed by atoms with Gasteiger partial charge in [0.05, 0.1) is 18.4 Å². The van der Waals surface area contributed by atoms with Crippen molar-refractivity contribution in [2.24, 2.45) is 5.41 Å². The van der Waals surface area contributed by atoms with E-state index in [1.165, 1.54) is 0 Å². The molecular weight excluding hydrogens is 316 g/mol. The molecule has 0 saturated carbocycles. The molecule has 2 aromatic rings. The molecular formula is C20H28N2O3. The highest BCUT2D eigenvalue weighted by Gasteiger charge is 2.42. The van der Waals surface area contributed by atoms with Crippen LogP contribution in [0.15, 0.2) is 40.9 Å². The molecule has 0 aliphatic carbocycles. The molecule has 0 unspecified atom stereocenters. The first-order valence-corrected chi connectivity index (χ1v) is 9.03. The molecule has 136 valence electrons. The maximum Gasteiger partial charge on any atom is 0.139 e. The third-order valence-corrected chi connectivity index (χ3v) is 5.21. The Morgan fingerprint density at radius 1 is 1.32 bits per heavy atom. The monoisotopic (exact) mass is 344 g/mol. The summed E-state index contributed by atoms with van der Waals surface area (Å²) in [6, 6.07) is 12.1. The van der Waals surface area contributed by atoms with Crippen molar-refractivity contribution in [1.82, 2.24) is 10.1 Å². The molecule has 0 spiro atoms. The summed E-state index contributed by atoms with van der Waals surface area (Å²) in [5, 5.41) is 24.9. The molecule has 3 rings (SSSR count). The van der Waals surface area contributed by atoms with Crippen molar-refractivity contribution in [2.45, 2.75) is 45.3 Å². The van der Waals surface area contributed by atoms with Crippen LogP contribution in [0.25, 0.3) is 0 Å². The Balaban J connectivity index is 1.72. The van der Waals surface area contributed by atoms with Gasteiger partial charge in [-0.1, -0.05) is 49.3 Å². The smallest absolute Gasteiger partial charge is 0.139 e. The van der Waals surface area contributed by atoms with Crippen molar-refractivity contribution in [3.63, 3.8) is 0 Å². The zero-order valence-electron chi connectivity index (χ0n) is 15.1. The highest BCUT2D eigenvalue weighted by Crippen LogP contribution is 2.34. The summed E-state index contributed by atoms with van der Waals surface area (Å²) >= 11 is 0. The zero-order valence-corrected chi connectivity index (χ0v) is 15.1. The molecule has 5 heteroatoms. The summed E-state index contributed by atoms with van der Waals surface area (Å²) < 4.78 is 5.39. The highest BCUT2D eigenvalue weighted by molar-refractivity contribution is 5.18. The van der Waals surface area contributed by atoms with Crippen LogP contribution in [0.4, 0.5) is 0 Å². The normalized spacial score (nSPS) is 24.8. The summed E-state index contributed by atoms with van der Waals surface area (Å²) in [7, 11) is 0. The van der Waals surface area contributed by atoms with E-state index in [0.717, 1.165) is 23.6 Å². The van der Waals surface area contributed by atoms with Gasteiger partial charge in [0.15, 0.2) is 0 Å². The minimum Gasteiger partial charge on any atom is -0.396 e. The standard InChI is InChI=1S/C20H28N2O3/c1-15(2)18-10-17(21-25-18)12-22-9-8-19(24)20(13-22,14-23)11-16-6-4-3-5-7-16/h3-7,10,15,19,23-24H,8-9,11-14H2,1-2H3/t19-,20+/m0/s1. The molecule has 0 amide bonds. The third kappa shape index (κ3) is 4.11. The van der Waals surface area contributed by atoms with Crippen molar-refractivity contribution in [3.05, 3.63) is 53.4 Å². The number of hydrogen-bond donors (Lipinski definition) is 2. The van der Waals surface area contributed by atoms with Crippen LogP contribution in [0.3, 0.4) is 0 Å². The van der Waals surface area contributed by atoms with Gasteiger partial charge in [-0.2, -0.15) is 0 Å². The van der Waals surface area contributed by atoms with E-state index in [-0.39, 0.29) is 6.61 Å². The molecule has 1 saturated heterocycles. The SMILES string of the molecule is CC(C)c1cc(CN2CC[C@H](O)[C@](CO)(Cc3ccccc3)C2)no1. The molecule has 1 aliphatic heterocycles. The first-order chi connectivity index (χ1) is 12.0. The fraction of sp³-hybridized carbons (Fsp3) is 0.550. The predicted octanol–water partition coefficient (Wildman–Crippen LogP) is 2.59. The minimum atomic E-state index is -0.537. The molecule has 0 radical (unpaired) electrons. The Hall–Kier alpha value is -1.69. The van der Waals surface area contributed by atoms with Gasteiger partial charge in [-0.25, -0.2) is 0 Å². The summed E-state index contributed by atoms with van der Waals surface area (Å²) in [4.78, 5) is 2.26. The lowest BCUT2D eigenvalue weighted by Gasteiger charge is -2.45. The number of rotatable bonds is 6. The molecule has 2 N–H and O–H groups in total. The fourth-order valence-electron chi connectivity index (χ4n) is 3.67. The van der Waals surface area contributed by atoms with E-state index in [0.29, 0.717) is 31.8 Å². The zero-order chi connectivity index (χ0) is 17.9. The number of hydrogen-bond acceptors (Lipinski definition) is 5. The molecule has 1 aliphatic rings. The lowest BCUT2D eigenvalue weighted by molar-refractivity contribution is -0.0771. The Bertz CT molecular complexity index is 671. The lowest BCUT2D eigenvalue weighted by Crippen LogP contribution is -2.54. The number of piperidine rings is 1. The number of likely N-dealkylation sites (tertiary alicyclic amines) is 1. The first kappa shape index (κ1) is 18.1. The van der Waals surface area contributed by atoms with Crippen molar-refractivity contribution in [2.75, 3.05) is 19.7 Å². The topological polar surface area (TPSA) is 69.7 Å². The van der Waals surface area contributed by atoms with Gasteiger partial charge in [-0.15, -0.1) is 0 Å². The molecule has 2 heterocycles. The maximum atomic E-state index is 10.6. The minimum absolute atomic E-state index is 0.0321. The van der Waals surface area contributed by atoms with Gasteiger partial charge in [0.25, 0.3) is 0 Å². The van der Waals surface area contributed by atoms with Crippen molar-refractivity contribution in [1.29, 1.82) is 0 Å². The summed E-state index contributed by atoms with van der Waals surface area (Å²) in [5.74, 6) is 1.21. The van der Waals surface area contributed by atoms with E-state index < -0.39 is 11.5 Å². The second kappa shape index (κ2) is 7.68. The average Bonchev–Trinajstić information content (AvgIpc) is 3.07. The molecule has 1 aromatic carbocycles. The predicted molar refractivity (Wildman–Crippen MR) is 96.2 cm³/mol. The van der Waals surface area contributed by atoms with Gasteiger partial charge in [0.1, 0.15) is 5.76 Å². The van der Waals surface area contributed by atoms with E-state index in [4.69, 9.17) is 4.52 Å². The van der Waals surface area contributed by atoms with E-state index in [9.17, 15) is 10.2 Å². The fourth-order valence-corrected chi connectivity index (χ4v) is 3.67. The number of aliphatic hydroxyl groups excluding tert-OH is 2. The number of aromatic nitrogens is 1. The number of nitrogens with zero attached hydrogens (tertiary/aromatic N) is 2. The van der Waals surface area contributed by atoms with Crippen LogP contribution >= 0.6 is 0 Å². The summed E-state index contributed by atoms with van der Waals surface area (Å²) in [5.41, 5.74) is 1.51. The molecule has 5 nitrogen and oxygen atoms in total. The lowest BCUT2D eigenvalue weighted by atomic mass is 9.73. The van der Waals surface area contributed by atoms with Crippen LogP contribution in [-0.2, 0) is 13.0 Å². The van der Waals surface area contributed by atoms with Gasteiger partial charge in [0, 0.05) is 37.0 Å². The van der Waals surface area contributed by atoms with Crippen LogP contribution in [0.2, 0.25) is 0 Å². The quantitative estimate of drug-likeness (QED) is 0.843. The van der Waals surface area contributed by atoms with Gasteiger partial charge in [0.2, 0.25) is 0 Å². The Morgan fingerprint density at radius 2 is 2.08 bits per heavy atom. The van der Waals surface area contributed by atoms with Crippen LogP contribution in [-0.4, -0.2) is 46.1 Å². The van der Waals surface area contributed by atoms with E-state index in [2.05, 4.69) is 36.0 Å². The summed E-state index contributed by atoms with van der Waals surface area (Å²) in [6.45, 7) is 6.25. The Morgan fingerprint density at radius 3 is 2.72 bits per heavy atom. The third-order valence-electron chi connectivity index (χ3n) is 5.21. The molecule has 2 atom stereocenters. The van der Waals surface area contributed by atoms with Gasteiger partial charge < -0.3 is 14.7 Å². The van der Waals surface area contributed by atoms with Crippen LogP contribution in [0.1, 0.15) is 43.2 Å². The average molecular weight is 344 g/mol. The van der Waals surface area contributed by atoms with Gasteiger partial charge in [-0.3, -0.25) is 4.90 Å². The molecule has 0 bridgehead atoms. The molecule has 1 aromatic heterocycles. The Kier molecular flexibility index (Phi) is 5.57. The molecule has 25 heavy (non-hydrogen) atoms. The number of aliphatic hydroxyl groups is 2. The van der Waals surface area contributed by atoms with Crippen molar-refractivity contribution in [3.8, 4) is 0 Å². The van der Waals surface area contributed by atoms with Crippen LogP contribution in [0.5, 0.6) is 0 Å². The van der Waals surface area contributed by atoms with Gasteiger partial charge >= 0.3 is 0 Å². The number of benzene rings is 1. The van der Waals surface area contributed by atoms with Crippen molar-refractivity contribution < 1.29 is 14.7 Å². The first-order valence-electron chi connectivity index (χ1n) is 9.03. The highest BCUT2D eigenvalue weighted by atomic mass is 16.5. The molecule has 1 fully saturated rings. The Labute approximate surface area is 149 Å². The second-order valence-electron chi connectivity index (χ2n) is 7.57. The maximum absolute atomic E-state index is 10.6. The van der Waals surface area contributed by atoms with Crippen molar-refractivity contribution >= 4 is 0 Å². The summed E-state index contributed by atoms with van der Waals surface area (Å²) in [6.07, 6.45) is 0.817. The van der Waals surface area contributed by atoms with E-state index in [1.807, 2.05) is 24.3 Å². The van der Waals surface area contributed by atoms with Gasteiger partial charge in [-0.05, 0) is 18.4 Å². The largest absolute Gasteiger partial charge is 0.396 e. The van der Waals surface area contributed by atoms with Crippen LogP contribution < -0.4 is 0 Å². The second-order valence-corrected chi connectivity index (χ2v) is 7.57.